The molecule has 0 saturated carbocycles. The third kappa shape index (κ3) is 10.4. The van der Waals surface area contributed by atoms with E-state index in [-0.39, 0.29) is 64.7 Å². The summed E-state index contributed by atoms with van der Waals surface area (Å²) in [6.45, 7) is 43.7. The van der Waals surface area contributed by atoms with Gasteiger partial charge in [-0.2, -0.15) is 0 Å². The maximum atomic E-state index is 13.9. The first-order valence-corrected chi connectivity index (χ1v) is 21.3. The Morgan fingerprint density at radius 1 is 0.422 bits per heavy atom. The molecule has 5 heteroatoms. The zero-order valence-corrected chi connectivity index (χ0v) is 36.5. The number of benzene rings is 2. The summed E-state index contributed by atoms with van der Waals surface area (Å²) in [4.78, 5) is 27.7. The number of hydrogen-bond donors (Lipinski definition) is 0. The van der Waals surface area contributed by atoms with Crippen LogP contribution < -0.4 is 20.4 Å². The summed E-state index contributed by atoms with van der Waals surface area (Å²) in [5.74, 6) is 0. The van der Waals surface area contributed by atoms with Crippen LogP contribution in [0.15, 0.2) is 36.4 Å². The van der Waals surface area contributed by atoms with Crippen molar-refractivity contribution in [3.8, 4) is 0 Å². The van der Waals surface area contributed by atoms with Crippen molar-refractivity contribution in [3.63, 3.8) is 0 Å². The van der Waals surface area contributed by atoms with Crippen molar-refractivity contribution in [2.45, 2.75) is 183 Å². The fourth-order valence-electron chi connectivity index (χ4n) is 6.52. The molecule has 0 heterocycles. The van der Waals surface area contributed by atoms with E-state index in [1.807, 2.05) is 0 Å². The fraction of sp³-hybridized carbons (Fsp3) is 0.700. The van der Waals surface area contributed by atoms with Gasteiger partial charge in [0.25, 0.3) is 0 Å². The minimum atomic E-state index is -2.77. The van der Waals surface area contributed by atoms with Crippen LogP contribution in [0.2, 0.25) is 0 Å². The van der Waals surface area contributed by atoms with Crippen molar-refractivity contribution in [2.75, 3.05) is 0 Å². The number of rotatable bonds is 6. The minimum Gasteiger partial charge on any atom is 2.00 e. The van der Waals surface area contributed by atoms with E-state index in [1.54, 1.807) is 0 Å². The molecule has 264 valence electrons. The Balaban J connectivity index is 0.000000842. The molecule has 0 N–H and O–H groups in total. The summed E-state index contributed by atoms with van der Waals surface area (Å²) >= 11 is 0. The van der Waals surface area contributed by atoms with E-state index in [9.17, 15) is 9.79 Å². The Morgan fingerprint density at radius 2 is 0.644 bits per heavy atom. The van der Waals surface area contributed by atoms with Crippen LogP contribution in [0.4, 0.5) is 0 Å². The quantitative estimate of drug-likeness (QED) is 0.218. The molecule has 2 aromatic carbocycles. The van der Waals surface area contributed by atoms with Gasteiger partial charge in [-0.1, -0.05) is 0 Å². The average molecular weight is 753 g/mol. The van der Waals surface area contributed by atoms with Gasteiger partial charge >= 0.3 is 297 Å². The summed E-state index contributed by atoms with van der Waals surface area (Å²) in [5.41, 5.74) is 6.23. The second kappa shape index (κ2) is 15.6. The van der Waals surface area contributed by atoms with Crippen LogP contribution in [-0.2, 0) is 42.1 Å². The molecular formula is C40H72O2P2Pd. The van der Waals surface area contributed by atoms with E-state index in [4.69, 9.17) is 0 Å². The average Bonchev–Trinajstić information content (AvgIpc) is 2.84. The van der Waals surface area contributed by atoms with Gasteiger partial charge in [0.1, 0.15) is 0 Å². The first kappa shape index (κ1) is 44.9. The van der Waals surface area contributed by atoms with Gasteiger partial charge < -0.3 is 0 Å². The molecule has 0 radical (unpaired) electrons. The van der Waals surface area contributed by atoms with Crippen LogP contribution >= 0.6 is 15.0 Å². The molecule has 0 spiro atoms. The first-order valence-electron chi connectivity index (χ1n) is 17.2. The molecule has 0 aromatic heterocycles. The molecule has 0 bridgehead atoms. The van der Waals surface area contributed by atoms with Crippen molar-refractivity contribution < 1.29 is 30.2 Å². The van der Waals surface area contributed by atoms with Crippen LogP contribution in [0.3, 0.4) is 0 Å². The van der Waals surface area contributed by atoms with Crippen LogP contribution in [0.5, 0.6) is 0 Å². The maximum absolute atomic E-state index is 13.9. The molecule has 0 aliphatic carbocycles. The van der Waals surface area contributed by atoms with Gasteiger partial charge in [0, 0.05) is 0 Å². The topological polar surface area (TPSA) is 46.1 Å². The normalized spacial score (nSPS) is 14.4. The number of hydrogen-bond acceptors (Lipinski definition) is 2. The van der Waals surface area contributed by atoms with Gasteiger partial charge in [-0.15, -0.1) is 0 Å². The molecule has 0 aliphatic rings. The molecule has 45 heavy (non-hydrogen) atoms. The largest absolute Gasteiger partial charge is 2.00 e. The van der Waals surface area contributed by atoms with Crippen molar-refractivity contribution in [1.29, 1.82) is 0 Å². The van der Waals surface area contributed by atoms with Crippen LogP contribution in [0, 0.1) is 0 Å². The maximum Gasteiger partial charge on any atom is 2.00 e. The molecule has 0 saturated heterocycles. The molecule has 0 aliphatic heterocycles. The summed E-state index contributed by atoms with van der Waals surface area (Å²) in [7, 11) is -5.53. The van der Waals surface area contributed by atoms with Crippen LogP contribution in [-0.4, -0.2) is 22.6 Å². The molecule has 0 unspecified atom stereocenters. The SMILES string of the molecule is CC(C)[PH]([O-])(c1ccc(C(C)(C)C)cc1C(C)(C)C)C(C)C.CC(C)[PH]([O-])(c1ccc(C(C)(C)C)cc1C(C)(C)C)C(C)C.[Pd+2]. The van der Waals surface area contributed by atoms with Gasteiger partial charge in [-0.05, 0) is 0 Å². The predicted octanol–water partition coefficient (Wildman–Crippen LogP) is 9.50. The Morgan fingerprint density at radius 3 is 0.800 bits per heavy atom. The van der Waals surface area contributed by atoms with E-state index < -0.39 is 15.0 Å². The van der Waals surface area contributed by atoms with Gasteiger partial charge in [-0.3, -0.25) is 0 Å². The summed E-state index contributed by atoms with van der Waals surface area (Å²) in [6.07, 6.45) is 0. The smallest absolute Gasteiger partial charge is 2.00 e. The van der Waals surface area contributed by atoms with E-state index >= 15 is 0 Å². The van der Waals surface area contributed by atoms with Crippen molar-refractivity contribution in [1.82, 2.24) is 0 Å². The summed E-state index contributed by atoms with van der Waals surface area (Å²) < 4.78 is 0. The van der Waals surface area contributed by atoms with Crippen molar-refractivity contribution in [3.05, 3.63) is 58.7 Å². The van der Waals surface area contributed by atoms with Gasteiger partial charge in [0.05, 0.1) is 0 Å². The molecule has 2 aromatic rings. The van der Waals surface area contributed by atoms with Gasteiger partial charge in [-0.25, -0.2) is 0 Å². The zero-order chi connectivity index (χ0) is 35.0. The van der Waals surface area contributed by atoms with Crippen LogP contribution in [0.25, 0.3) is 0 Å². The second-order valence-corrected chi connectivity index (χ2v) is 27.6. The zero-order valence-electron chi connectivity index (χ0n) is 32.9. The Labute approximate surface area is 295 Å². The third-order valence-electron chi connectivity index (χ3n) is 9.66. The Hall–Kier alpha value is -0.118. The standard InChI is InChI=1S/2C20H36OP.Pd/c2*1-14(2)22(21,15(3)4)18-12-11-16(19(5,6)7)13-17(18)20(8,9)10;/h2*11-15,22H,1-10H3;/q2*-1;+2. The Kier molecular flexibility index (Phi) is 15.6. The fourth-order valence-corrected chi connectivity index (χ4v) is 14.1. The van der Waals surface area contributed by atoms with Gasteiger partial charge in [0.15, 0.2) is 0 Å². The first-order chi connectivity index (χ1) is 19.4. The molecular weight excluding hydrogens is 681 g/mol. The summed E-state index contributed by atoms with van der Waals surface area (Å²) in [5, 5.41) is 2.25. The predicted molar refractivity (Wildman–Crippen MR) is 204 cm³/mol. The van der Waals surface area contributed by atoms with E-state index in [2.05, 4.69) is 175 Å². The van der Waals surface area contributed by atoms with Crippen molar-refractivity contribution in [2.24, 2.45) is 0 Å². The molecule has 0 atom stereocenters. The molecule has 0 amide bonds. The second-order valence-electron chi connectivity index (χ2n) is 18.7. The van der Waals surface area contributed by atoms with E-state index in [1.165, 1.54) is 22.3 Å². The van der Waals surface area contributed by atoms with Gasteiger partial charge in [0.2, 0.25) is 0 Å². The van der Waals surface area contributed by atoms with E-state index in [0.717, 1.165) is 10.6 Å². The van der Waals surface area contributed by atoms with Crippen molar-refractivity contribution >= 4 is 25.6 Å². The molecule has 2 rings (SSSR count). The summed E-state index contributed by atoms with van der Waals surface area (Å²) in [6, 6.07) is 13.3. The third-order valence-corrected chi connectivity index (χ3v) is 19.1. The van der Waals surface area contributed by atoms with E-state index in [0.29, 0.717) is 0 Å². The van der Waals surface area contributed by atoms with Crippen LogP contribution in [0.1, 0.15) is 161 Å². The monoisotopic (exact) mass is 752 g/mol. The molecule has 0 fully saturated rings. The molecule has 2 nitrogen and oxygen atoms in total. The Bertz CT molecular complexity index is 1120. The minimum absolute atomic E-state index is 0.